The molecule has 0 radical (unpaired) electrons. The monoisotopic (exact) mass is 433 g/mol. The molecule has 2 rings (SSSR count). The van der Waals surface area contributed by atoms with Crippen LogP contribution in [0, 0.1) is 0 Å². The Bertz CT molecular complexity index is 697. The quantitative estimate of drug-likeness (QED) is 0.286. The first kappa shape index (κ1) is 24.9. The smallest absolute Gasteiger partial charge is 0.407 e. The van der Waals surface area contributed by atoms with Gasteiger partial charge in [0, 0.05) is 51.5 Å². The first-order valence-electron chi connectivity index (χ1n) is 11.0. The highest BCUT2D eigenvalue weighted by molar-refractivity contribution is 5.79. The van der Waals surface area contributed by atoms with Crippen molar-refractivity contribution in [3.05, 3.63) is 35.9 Å². The summed E-state index contributed by atoms with van der Waals surface area (Å²) in [6.45, 7) is 10.9. The lowest BCUT2D eigenvalue weighted by Gasteiger charge is -2.41. The highest BCUT2D eigenvalue weighted by Crippen LogP contribution is 2.25. The molecule has 0 aromatic heterocycles. The standard InChI is InChI=1S/C23H39N5O3/c1-18(19-9-7-6-8-10-19)28-23(11-15-30-16-12-23)17-27-20(24-5)25-13-14-26-21(29)31-22(2,3)4/h6-10,18,28H,11-17H2,1-5H3,(H,26,29)(H2,24,25,27). The molecule has 1 heterocycles. The Morgan fingerprint density at radius 1 is 1.13 bits per heavy atom. The van der Waals surface area contributed by atoms with Crippen LogP contribution in [0.5, 0.6) is 0 Å². The van der Waals surface area contributed by atoms with Gasteiger partial charge in [-0.15, -0.1) is 0 Å². The van der Waals surface area contributed by atoms with Gasteiger partial charge in [0.05, 0.1) is 0 Å². The lowest BCUT2D eigenvalue weighted by Crippen LogP contribution is -2.58. The molecule has 1 aliphatic rings. The molecule has 1 fully saturated rings. The number of carbonyl (C=O) groups is 1. The van der Waals surface area contributed by atoms with Crippen molar-refractivity contribution >= 4 is 12.1 Å². The maximum Gasteiger partial charge on any atom is 0.407 e. The Hall–Kier alpha value is -2.32. The van der Waals surface area contributed by atoms with Crippen molar-refractivity contribution in [2.75, 3.05) is 39.9 Å². The third-order valence-electron chi connectivity index (χ3n) is 5.18. The van der Waals surface area contributed by atoms with Gasteiger partial charge in [0.2, 0.25) is 0 Å². The van der Waals surface area contributed by atoms with Gasteiger partial charge in [-0.25, -0.2) is 4.79 Å². The fourth-order valence-corrected chi connectivity index (χ4v) is 3.55. The fraction of sp³-hybridized carbons (Fsp3) is 0.652. The zero-order valence-electron chi connectivity index (χ0n) is 19.6. The number of benzene rings is 1. The summed E-state index contributed by atoms with van der Waals surface area (Å²) < 4.78 is 10.9. The van der Waals surface area contributed by atoms with Crippen molar-refractivity contribution in [2.24, 2.45) is 4.99 Å². The Morgan fingerprint density at radius 2 is 1.77 bits per heavy atom. The van der Waals surface area contributed by atoms with E-state index in [0.717, 1.165) is 32.6 Å². The largest absolute Gasteiger partial charge is 0.444 e. The first-order valence-corrected chi connectivity index (χ1v) is 11.0. The highest BCUT2D eigenvalue weighted by Gasteiger charge is 2.34. The van der Waals surface area contributed by atoms with Crippen molar-refractivity contribution in [2.45, 2.75) is 57.7 Å². The summed E-state index contributed by atoms with van der Waals surface area (Å²) in [7, 11) is 1.74. The number of carbonyl (C=O) groups excluding carboxylic acids is 1. The molecule has 0 aliphatic carbocycles. The van der Waals surface area contributed by atoms with Crippen LogP contribution in [0.4, 0.5) is 4.79 Å². The molecule has 0 bridgehead atoms. The van der Waals surface area contributed by atoms with Gasteiger partial charge in [-0.3, -0.25) is 4.99 Å². The zero-order chi connectivity index (χ0) is 22.7. The molecular formula is C23H39N5O3. The molecule has 1 aromatic carbocycles. The van der Waals surface area contributed by atoms with E-state index in [2.05, 4.69) is 57.4 Å². The second-order valence-corrected chi connectivity index (χ2v) is 8.95. The van der Waals surface area contributed by atoms with E-state index in [-0.39, 0.29) is 11.6 Å². The number of hydrogen-bond donors (Lipinski definition) is 4. The molecule has 0 saturated carbocycles. The summed E-state index contributed by atoms with van der Waals surface area (Å²) in [5.74, 6) is 0.700. The summed E-state index contributed by atoms with van der Waals surface area (Å²) >= 11 is 0. The van der Waals surface area contributed by atoms with Crippen LogP contribution in [0.1, 0.15) is 52.1 Å². The molecule has 174 valence electrons. The number of guanidine groups is 1. The van der Waals surface area contributed by atoms with Crippen LogP contribution in [0.2, 0.25) is 0 Å². The third kappa shape index (κ3) is 9.14. The summed E-state index contributed by atoms with van der Waals surface area (Å²) in [4.78, 5) is 16.0. The van der Waals surface area contributed by atoms with E-state index in [9.17, 15) is 4.79 Å². The molecule has 1 unspecified atom stereocenters. The highest BCUT2D eigenvalue weighted by atomic mass is 16.6. The molecule has 8 nitrogen and oxygen atoms in total. The Kier molecular flexibility index (Phi) is 9.58. The lowest BCUT2D eigenvalue weighted by molar-refractivity contribution is 0.0355. The van der Waals surface area contributed by atoms with Crippen LogP contribution in [-0.2, 0) is 9.47 Å². The van der Waals surface area contributed by atoms with E-state index in [1.54, 1.807) is 7.05 Å². The summed E-state index contributed by atoms with van der Waals surface area (Å²) in [6, 6.07) is 10.7. The number of aliphatic imine (C=N–C) groups is 1. The van der Waals surface area contributed by atoms with Gasteiger partial charge in [0.1, 0.15) is 5.60 Å². The number of hydrogen-bond acceptors (Lipinski definition) is 5. The van der Waals surface area contributed by atoms with Crippen LogP contribution in [0.3, 0.4) is 0 Å². The van der Waals surface area contributed by atoms with Gasteiger partial charge in [0.15, 0.2) is 5.96 Å². The van der Waals surface area contributed by atoms with Crippen molar-refractivity contribution in [3.8, 4) is 0 Å². The van der Waals surface area contributed by atoms with Crippen LogP contribution >= 0.6 is 0 Å². The summed E-state index contributed by atoms with van der Waals surface area (Å²) in [5.41, 5.74) is 0.681. The topological polar surface area (TPSA) is 96.0 Å². The van der Waals surface area contributed by atoms with Gasteiger partial charge in [-0.05, 0) is 46.1 Å². The van der Waals surface area contributed by atoms with E-state index >= 15 is 0 Å². The van der Waals surface area contributed by atoms with E-state index in [0.29, 0.717) is 19.0 Å². The van der Waals surface area contributed by atoms with Crippen molar-refractivity contribution < 1.29 is 14.3 Å². The number of nitrogens with zero attached hydrogens (tertiary/aromatic N) is 1. The van der Waals surface area contributed by atoms with E-state index in [4.69, 9.17) is 9.47 Å². The van der Waals surface area contributed by atoms with Crippen LogP contribution in [0.25, 0.3) is 0 Å². The molecule has 1 aliphatic heterocycles. The first-order chi connectivity index (χ1) is 14.7. The van der Waals surface area contributed by atoms with Gasteiger partial charge in [0.25, 0.3) is 0 Å². The Balaban J connectivity index is 1.83. The average molecular weight is 434 g/mol. The predicted octanol–water partition coefficient (Wildman–Crippen LogP) is 2.58. The number of alkyl carbamates (subject to hydrolysis) is 1. The Morgan fingerprint density at radius 3 is 2.39 bits per heavy atom. The fourth-order valence-electron chi connectivity index (χ4n) is 3.55. The predicted molar refractivity (Wildman–Crippen MR) is 124 cm³/mol. The second kappa shape index (κ2) is 11.9. The molecule has 1 amide bonds. The Labute approximate surface area is 186 Å². The van der Waals surface area contributed by atoms with Gasteiger partial charge >= 0.3 is 6.09 Å². The van der Waals surface area contributed by atoms with E-state index < -0.39 is 11.7 Å². The average Bonchev–Trinajstić information content (AvgIpc) is 2.73. The van der Waals surface area contributed by atoms with Crippen LogP contribution in [-0.4, -0.2) is 63.1 Å². The van der Waals surface area contributed by atoms with Gasteiger partial charge < -0.3 is 30.7 Å². The minimum absolute atomic E-state index is 0.0834. The second-order valence-electron chi connectivity index (χ2n) is 8.95. The molecule has 8 heteroatoms. The van der Waals surface area contributed by atoms with Crippen LogP contribution in [0.15, 0.2) is 35.3 Å². The molecule has 1 aromatic rings. The molecule has 0 spiro atoms. The van der Waals surface area contributed by atoms with E-state index in [1.807, 2.05) is 26.8 Å². The number of amides is 1. The van der Waals surface area contributed by atoms with Crippen molar-refractivity contribution in [1.29, 1.82) is 0 Å². The lowest BCUT2D eigenvalue weighted by atomic mass is 9.88. The summed E-state index contributed by atoms with van der Waals surface area (Å²) in [6.07, 6.45) is 1.43. The molecular weight excluding hydrogens is 394 g/mol. The van der Waals surface area contributed by atoms with Crippen molar-refractivity contribution in [3.63, 3.8) is 0 Å². The van der Waals surface area contributed by atoms with E-state index in [1.165, 1.54) is 5.56 Å². The number of nitrogens with one attached hydrogen (secondary N) is 4. The van der Waals surface area contributed by atoms with Crippen molar-refractivity contribution in [1.82, 2.24) is 21.3 Å². The maximum atomic E-state index is 11.7. The molecule has 1 saturated heterocycles. The summed E-state index contributed by atoms with van der Waals surface area (Å²) in [5, 5.41) is 13.3. The maximum absolute atomic E-state index is 11.7. The van der Waals surface area contributed by atoms with Gasteiger partial charge in [-0.2, -0.15) is 0 Å². The SMILES string of the molecule is CN=C(NCCNC(=O)OC(C)(C)C)NCC1(NC(C)c2ccccc2)CCOCC1. The van der Waals surface area contributed by atoms with Crippen LogP contribution < -0.4 is 21.3 Å². The number of ether oxygens (including phenoxy) is 2. The minimum atomic E-state index is -0.503. The minimum Gasteiger partial charge on any atom is -0.444 e. The van der Waals surface area contributed by atoms with Gasteiger partial charge in [-0.1, -0.05) is 30.3 Å². The normalized spacial score (nSPS) is 17.5. The molecule has 31 heavy (non-hydrogen) atoms. The number of rotatable bonds is 8. The molecule has 1 atom stereocenters. The molecule has 4 N–H and O–H groups in total. The third-order valence-corrected chi connectivity index (χ3v) is 5.18. The zero-order valence-corrected chi connectivity index (χ0v) is 19.6.